The molecule has 1 N–H and O–H groups in total. The number of sulfone groups is 1. The number of aryl methyl sites for hydroxylation is 1. The van der Waals surface area contributed by atoms with Gasteiger partial charge in [0.25, 0.3) is 0 Å². The fourth-order valence-electron chi connectivity index (χ4n) is 2.04. The smallest absolute Gasteiger partial charge is 0.175 e. The molecule has 0 saturated carbocycles. The third-order valence-corrected chi connectivity index (χ3v) is 4.21. The normalized spacial score (nSPS) is 13.3. The Morgan fingerprint density at radius 1 is 1.30 bits per heavy atom. The van der Waals surface area contributed by atoms with Crippen molar-refractivity contribution in [3.63, 3.8) is 0 Å². The van der Waals surface area contributed by atoms with Gasteiger partial charge in [-0.05, 0) is 24.1 Å². The first-order chi connectivity index (χ1) is 9.43. The van der Waals surface area contributed by atoms with Crippen molar-refractivity contribution >= 4 is 9.84 Å². The van der Waals surface area contributed by atoms with E-state index < -0.39 is 15.9 Å². The van der Waals surface area contributed by atoms with Gasteiger partial charge in [-0.15, -0.1) is 0 Å². The zero-order chi connectivity index (χ0) is 14.8. The summed E-state index contributed by atoms with van der Waals surface area (Å²) in [7, 11) is -3.22. The second-order valence-corrected chi connectivity index (χ2v) is 6.74. The molecule has 1 heterocycles. The topological polar surface area (TPSA) is 72.2 Å². The number of hydrogen-bond acceptors (Lipinski definition) is 4. The molecule has 5 nitrogen and oxygen atoms in total. The first kappa shape index (κ1) is 14.7. The molecule has 2 aromatic rings. The van der Waals surface area contributed by atoms with Crippen molar-refractivity contribution in [2.45, 2.75) is 30.9 Å². The molecule has 0 saturated heterocycles. The van der Waals surface area contributed by atoms with Gasteiger partial charge in [-0.3, -0.25) is 0 Å². The molecule has 1 aromatic heterocycles. The van der Waals surface area contributed by atoms with Crippen LogP contribution in [0.25, 0.3) is 0 Å². The summed E-state index contributed by atoms with van der Waals surface area (Å²) in [5.74, 6) is 0.568. The lowest BCUT2D eigenvalue weighted by molar-refractivity contribution is 0.204. The Balaban J connectivity index is 2.29. The number of aromatic nitrogens is 2. The zero-order valence-electron chi connectivity index (χ0n) is 11.5. The van der Waals surface area contributed by atoms with Gasteiger partial charge in [0.15, 0.2) is 9.84 Å². The molecule has 2 rings (SSSR count). The van der Waals surface area contributed by atoms with Gasteiger partial charge < -0.3 is 9.67 Å². The monoisotopic (exact) mass is 294 g/mol. The van der Waals surface area contributed by atoms with Crippen LogP contribution in [-0.2, 0) is 16.4 Å². The van der Waals surface area contributed by atoms with E-state index in [4.69, 9.17) is 0 Å². The highest BCUT2D eigenvalue weighted by atomic mass is 32.2. The lowest BCUT2D eigenvalue weighted by atomic mass is 10.1. The Kier molecular flexibility index (Phi) is 4.25. The number of rotatable bonds is 5. The van der Waals surface area contributed by atoms with E-state index in [9.17, 15) is 13.5 Å². The summed E-state index contributed by atoms with van der Waals surface area (Å²) in [6, 6.07) is 6.24. The van der Waals surface area contributed by atoms with Crippen LogP contribution in [0.3, 0.4) is 0 Å². The summed E-state index contributed by atoms with van der Waals surface area (Å²) in [6.45, 7) is 2.84. The fourth-order valence-corrected chi connectivity index (χ4v) is 2.68. The van der Waals surface area contributed by atoms with E-state index >= 15 is 0 Å². The summed E-state index contributed by atoms with van der Waals surface area (Å²) in [5, 5.41) is 10.3. The van der Waals surface area contributed by atoms with Gasteiger partial charge in [-0.25, -0.2) is 13.4 Å². The van der Waals surface area contributed by atoms with Crippen LogP contribution in [0.15, 0.2) is 41.6 Å². The Morgan fingerprint density at radius 2 is 1.95 bits per heavy atom. The molecule has 0 radical (unpaired) electrons. The van der Waals surface area contributed by atoms with Crippen molar-refractivity contribution in [3.05, 3.63) is 48.0 Å². The first-order valence-electron chi connectivity index (χ1n) is 6.42. The maximum atomic E-state index is 11.4. The Bertz CT molecular complexity index is 675. The minimum absolute atomic E-state index is 0.241. The lowest BCUT2D eigenvalue weighted by Crippen LogP contribution is -2.10. The summed E-state index contributed by atoms with van der Waals surface area (Å²) >= 11 is 0. The van der Waals surface area contributed by atoms with Gasteiger partial charge >= 0.3 is 0 Å². The van der Waals surface area contributed by atoms with Gasteiger partial charge in [0.1, 0.15) is 11.9 Å². The van der Waals surface area contributed by atoms with Crippen LogP contribution in [0.1, 0.15) is 30.8 Å². The third-order valence-electron chi connectivity index (χ3n) is 3.08. The quantitative estimate of drug-likeness (QED) is 0.912. The zero-order valence-corrected chi connectivity index (χ0v) is 12.3. The van der Waals surface area contributed by atoms with Crippen molar-refractivity contribution in [2.24, 2.45) is 0 Å². The predicted octanol–water partition coefficient (Wildman–Crippen LogP) is 1.78. The largest absolute Gasteiger partial charge is 0.380 e. The highest BCUT2D eigenvalue weighted by Gasteiger charge is 2.16. The molecule has 20 heavy (non-hydrogen) atoms. The SMILES string of the molecule is CCCn1ccnc1C(O)c1ccc(S(C)(=O)=O)cc1. The number of nitrogens with zero attached hydrogens (tertiary/aromatic N) is 2. The van der Waals surface area contributed by atoms with E-state index in [2.05, 4.69) is 11.9 Å². The van der Waals surface area contributed by atoms with Crippen molar-refractivity contribution in [3.8, 4) is 0 Å². The van der Waals surface area contributed by atoms with E-state index in [1.807, 2.05) is 10.8 Å². The van der Waals surface area contributed by atoms with Gasteiger partial charge in [-0.1, -0.05) is 19.1 Å². The first-order valence-corrected chi connectivity index (χ1v) is 8.31. The molecule has 108 valence electrons. The molecule has 0 amide bonds. The molecule has 0 fully saturated rings. The molecule has 0 aliphatic rings. The Hall–Kier alpha value is -1.66. The predicted molar refractivity (Wildman–Crippen MR) is 76.1 cm³/mol. The summed E-state index contributed by atoms with van der Waals surface area (Å²) in [4.78, 5) is 4.42. The molecule has 0 bridgehead atoms. The third kappa shape index (κ3) is 3.08. The maximum absolute atomic E-state index is 11.4. The molecule has 1 unspecified atom stereocenters. The Morgan fingerprint density at radius 3 is 2.50 bits per heavy atom. The standard InChI is InChI=1S/C14H18N2O3S/c1-3-9-16-10-8-15-14(16)13(17)11-4-6-12(7-5-11)20(2,18)19/h4-8,10,13,17H,3,9H2,1-2H3. The number of benzene rings is 1. The number of hydrogen-bond donors (Lipinski definition) is 1. The van der Waals surface area contributed by atoms with Crippen LogP contribution < -0.4 is 0 Å². The van der Waals surface area contributed by atoms with E-state index in [-0.39, 0.29) is 4.90 Å². The van der Waals surface area contributed by atoms with E-state index in [1.165, 1.54) is 12.1 Å². The fraction of sp³-hybridized carbons (Fsp3) is 0.357. The molecular weight excluding hydrogens is 276 g/mol. The molecule has 1 aromatic carbocycles. The van der Waals surface area contributed by atoms with Crippen LogP contribution in [0.4, 0.5) is 0 Å². The van der Waals surface area contributed by atoms with Gasteiger partial charge in [-0.2, -0.15) is 0 Å². The molecule has 0 spiro atoms. The average Bonchev–Trinajstić information content (AvgIpc) is 2.86. The van der Waals surface area contributed by atoms with Crippen LogP contribution >= 0.6 is 0 Å². The van der Waals surface area contributed by atoms with Crippen LogP contribution in [0, 0.1) is 0 Å². The Labute approximate surface area is 118 Å². The van der Waals surface area contributed by atoms with Crippen molar-refractivity contribution in [1.29, 1.82) is 0 Å². The number of aliphatic hydroxyl groups is 1. The van der Waals surface area contributed by atoms with Crippen LogP contribution in [0.2, 0.25) is 0 Å². The summed E-state index contributed by atoms with van der Waals surface area (Å²) in [6.07, 6.45) is 4.73. The second-order valence-electron chi connectivity index (χ2n) is 4.72. The van der Waals surface area contributed by atoms with Crippen molar-refractivity contribution in [2.75, 3.05) is 6.26 Å². The average molecular weight is 294 g/mol. The van der Waals surface area contributed by atoms with E-state index in [1.54, 1.807) is 18.3 Å². The van der Waals surface area contributed by atoms with Crippen LogP contribution in [-0.4, -0.2) is 29.3 Å². The summed E-state index contributed by atoms with van der Waals surface area (Å²) < 4.78 is 24.7. The van der Waals surface area contributed by atoms with Gasteiger partial charge in [0.2, 0.25) is 0 Å². The lowest BCUT2D eigenvalue weighted by Gasteiger charge is -2.13. The minimum atomic E-state index is -3.22. The summed E-state index contributed by atoms with van der Waals surface area (Å²) in [5.41, 5.74) is 0.626. The van der Waals surface area contributed by atoms with Crippen molar-refractivity contribution < 1.29 is 13.5 Å². The van der Waals surface area contributed by atoms with Gasteiger partial charge in [0.05, 0.1) is 4.90 Å². The molecule has 6 heteroatoms. The molecule has 0 aliphatic heterocycles. The molecule has 1 atom stereocenters. The molecular formula is C14H18N2O3S. The van der Waals surface area contributed by atoms with Gasteiger partial charge in [0, 0.05) is 25.2 Å². The number of aliphatic hydroxyl groups excluding tert-OH is 1. The van der Waals surface area contributed by atoms with Crippen LogP contribution in [0.5, 0.6) is 0 Å². The molecule has 0 aliphatic carbocycles. The highest BCUT2D eigenvalue weighted by molar-refractivity contribution is 7.90. The van der Waals surface area contributed by atoms with Crippen molar-refractivity contribution in [1.82, 2.24) is 9.55 Å². The highest BCUT2D eigenvalue weighted by Crippen LogP contribution is 2.22. The minimum Gasteiger partial charge on any atom is -0.380 e. The maximum Gasteiger partial charge on any atom is 0.175 e. The number of imidazole rings is 1. The second kappa shape index (κ2) is 5.76. The van der Waals surface area contributed by atoms with E-state index in [0.717, 1.165) is 19.2 Å². The van der Waals surface area contributed by atoms with E-state index in [0.29, 0.717) is 11.4 Å².